The quantitative estimate of drug-likeness (QED) is 0.548. The summed E-state index contributed by atoms with van der Waals surface area (Å²) in [5, 5.41) is 0.489. The number of rotatable bonds is 1. The zero-order valence-electron chi connectivity index (χ0n) is 7.59. The third kappa shape index (κ3) is 2.43. The van der Waals surface area contributed by atoms with Gasteiger partial charge in [-0.15, -0.1) is 11.3 Å². The van der Waals surface area contributed by atoms with Gasteiger partial charge in [-0.1, -0.05) is 23.2 Å². The van der Waals surface area contributed by atoms with Crippen LogP contribution in [0.15, 0.2) is 12.1 Å². The van der Waals surface area contributed by atoms with Crippen molar-refractivity contribution in [2.24, 2.45) is 0 Å². The van der Waals surface area contributed by atoms with Gasteiger partial charge < -0.3 is 0 Å². The lowest BCUT2D eigenvalue weighted by Crippen LogP contribution is -1.95. The Labute approximate surface area is 115 Å². The molecule has 0 aliphatic heterocycles. The van der Waals surface area contributed by atoms with Crippen LogP contribution in [0.4, 0.5) is 0 Å². The van der Waals surface area contributed by atoms with Crippen LogP contribution in [0, 0.1) is 10.5 Å². The van der Waals surface area contributed by atoms with Crippen molar-refractivity contribution in [3.05, 3.63) is 30.9 Å². The minimum atomic E-state index is 0.489. The highest BCUT2D eigenvalue weighted by Gasteiger charge is 2.10. The zero-order chi connectivity index (χ0) is 11.0. The van der Waals surface area contributed by atoms with Crippen molar-refractivity contribution in [2.75, 3.05) is 0 Å². The molecule has 0 radical (unpaired) electrons. The van der Waals surface area contributed by atoms with Crippen molar-refractivity contribution in [1.29, 1.82) is 0 Å². The summed E-state index contributed by atoms with van der Waals surface area (Å²) >= 11 is 15.4. The highest BCUT2D eigenvalue weighted by Crippen LogP contribution is 2.30. The van der Waals surface area contributed by atoms with E-state index >= 15 is 0 Å². The van der Waals surface area contributed by atoms with Crippen LogP contribution in [-0.4, -0.2) is 9.97 Å². The Morgan fingerprint density at radius 3 is 2.53 bits per heavy atom. The van der Waals surface area contributed by atoms with Gasteiger partial charge in [-0.2, -0.15) is 0 Å². The first-order valence-electron chi connectivity index (χ1n) is 4.03. The van der Waals surface area contributed by atoms with E-state index in [-0.39, 0.29) is 0 Å². The fourth-order valence-corrected chi connectivity index (χ4v) is 2.50. The van der Waals surface area contributed by atoms with E-state index in [9.17, 15) is 0 Å². The predicted molar refractivity (Wildman–Crippen MR) is 72.8 cm³/mol. The molecule has 0 aliphatic rings. The molecule has 78 valence electrons. The van der Waals surface area contributed by atoms with E-state index in [0.29, 0.717) is 11.0 Å². The maximum absolute atomic E-state index is 5.99. The highest BCUT2D eigenvalue weighted by molar-refractivity contribution is 14.1. The van der Waals surface area contributed by atoms with Gasteiger partial charge in [0.25, 0.3) is 0 Å². The summed E-state index contributed by atoms with van der Waals surface area (Å²) in [5.41, 5.74) is 0.884. The summed E-state index contributed by atoms with van der Waals surface area (Å²) < 4.78 is 1.61. The van der Waals surface area contributed by atoms with Crippen molar-refractivity contribution in [2.45, 2.75) is 6.92 Å². The normalized spacial score (nSPS) is 10.7. The summed E-state index contributed by atoms with van der Waals surface area (Å²) in [5.74, 6) is 0.634. The van der Waals surface area contributed by atoms with Gasteiger partial charge in [-0.3, -0.25) is 0 Å². The largest absolute Gasteiger partial charge is 0.231 e. The van der Waals surface area contributed by atoms with Gasteiger partial charge in [0, 0.05) is 0 Å². The lowest BCUT2D eigenvalue weighted by Gasteiger charge is -2.02. The van der Waals surface area contributed by atoms with Crippen molar-refractivity contribution >= 4 is 57.1 Å². The molecule has 0 fully saturated rings. The fraction of sp³-hybridized carbons (Fsp3) is 0.111. The van der Waals surface area contributed by atoms with Gasteiger partial charge in [-0.25, -0.2) is 9.97 Å². The van der Waals surface area contributed by atoms with Crippen LogP contribution < -0.4 is 0 Å². The summed E-state index contributed by atoms with van der Waals surface area (Å²) in [6.07, 6.45) is 0. The maximum Gasteiger partial charge on any atom is 0.171 e. The second-order valence-electron chi connectivity index (χ2n) is 2.84. The minimum absolute atomic E-state index is 0.489. The number of hydrogen-bond acceptors (Lipinski definition) is 3. The molecular formula is C9H5Cl2IN2S. The third-order valence-electron chi connectivity index (χ3n) is 1.77. The SMILES string of the molecule is Cc1nc(-c2ccc(Cl)s2)nc(Cl)c1I. The maximum atomic E-state index is 5.99. The van der Waals surface area contributed by atoms with Gasteiger partial charge in [0.1, 0.15) is 5.15 Å². The van der Waals surface area contributed by atoms with E-state index in [1.54, 1.807) is 0 Å². The van der Waals surface area contributed by atoms with Crippen LogP contribution in [0.25, 0.3) is 10.7 Å². The Morgan fingerprint density at radius 2 is 2.00 bits per heavy atom. The summed E-state index contributed by atoms with van der Waals surface area (Å²) in [6, 6.07) is 3.72. The number of halogens is 3. The Morgan fingerprint density at radius 1 is 1.27 bits per heavy atom. The first-order valence-corrected chi connectivity index (χ1v) is 6.68. The first kappa shape index (κ1) is 11.6. The van der Waals surface area contributed by atoms with Gasteiger partial charge in [0.2, 0.25) is 0 Å². The Kier molecular flexibility index (Phi) is 3.49. The summed E-state index contributed by atoms with van der Waals surface area (Å²) in [7, 11) is 0. The molecule has 15 heavy (non-hydrogen) atoms. The molecule has 0 atom stereocenters. The third-order valence-corrected chi connectivity index (χ3v) is 4.88. The summed E-state index contributed by atoms with van der Waals surface area (Å²) in [4.78, 5) is 9.51. The molecule has 0 bridgehead atoms. The van der Waals surface area contributed by atoms with Crippen molar-refractivity contribution in [3.8, 4) is 10.7 Å². The van der Waals surface area contributed by atoms with Gasteiger partial charge in [0.05, 0.1) is 18.5 Å². The van der Waals surface area contributed by atoms with E-state index in [0.717, 1.165) is 18.5 Å². The lowest BCUT2D eigenvalue weighted by molar-refractivity contribution is 1.10. The highest BCUT2D eigenvalue weighted by atomic mass is 127. The smallest absolute Gasteiger partial charge is 0.171 e. The van der Waals surface area contributed by atoms with Crippen LogP contribution in [0.1, 0.15) is 5.69 Å². The standard InChI is InChI=1S/C9H5Cl2IN2S/c1-4-7(12)8(11)14-9(13-4)5-2-3-6(10)15-5/h2-3H,1H3. The molecule has 2 nitrogen and oxygen atoms in total. The molecule has 0 unspecified atom stereocenters. The average molecular weight is 371 g/mol. The van der Waals surface area contributed by atoms with Crippen LogP contribution in [-0.2, 0) is 0 Å². The summed E-state index contributed by atoms with van der Waals surface area (Å²) in [6.45, 7) is 1.91. The average Bonchev–Trinajstić information content (AvgIpc) is 2.60. The number of nitrogens with zero attached hydrogens (tertiary/aromatic N) is 2. The lowest BCUT2D eigenvalue weighted by atomic mass is 10.4. The topological polar surface area (TPSA) is 25.8 Å². The molecule has 0 aromatic carbocycles. The van der Waals surface area contributed by atoms with E-state index in [1.165, 1.54) is 11.3 Å². The van der Waals surface area contributed by atoms with Gasteiger partial charge in [-0.05, 0) is 41.6 Å². The molecule has 0 saturated carbocycles. The van der Waals surface area contributed by atoms with Crippen molar-refractivity contribution in [1.82, 2.24) is 9.97 Å². The molecule has 0 amide bonds. The van der Waals surface area contributed by atoms with Crippen molar-refractivity contribution < 1.29 is 0 Å². The van der Waals surface area contributed by atoms with E-state index in [4.69, 9.17) is 23.2 Å². The van der Waals surface area contributed by atoms with Crippen LogP contribution in [0.3, 0.4) is 0 Å². The van der Waals surface area contributed by atoms with E-state index < -0.39 is 0 Å². The van der Waals surface area contributed by atoms with Gasteiger partial charge in [0.15, 0.2) is 5.82 Å². The number of aryl methyl sites for hydroxylation is 1. The Bertz CT molecular complexity index is 490. The molecule has 0 saturated heterocycles. The Hall–Kier alpha value is 0.0900. The van der Waals surface area contributed by atoms with E-state index in [1.807, 2.05) is 19.1 Å². The molecule has 0 aliphatic carbocycles. The second-order valence-corrected chi connectivity index (χ2v) is 5.99. The van der Waals surface area contributed by atoms with Crippen LogP contribution >= 0.6 is 57.1 Å². The molecule has 2 rings (SSSR count). The second kappa shape index (κ2) is 4.53. The Balaban J connectivity index is 2.55. The molecule has 6 heteroatoms. The zero-order valence-corrected chi connectivity index (χ0v) is 12.1. The monoisotopic (exact) mass is 370 g/mol. The predicted octanol–water partition coefficient (Wildman–Crippen LogP) is 4.42. The molecule has 2 aromatic rings. The number of aromatic nitrogens is 2. The minimum Gasteiger partial charge on any atom is -0.231 e. The molecule has 0 spiro atoms. The number of thiophene rings is 1. The molecular weight excluding hydrogens is 366 g/mol. The van der Waals surface area contributed by atoms with Gasteiger partial charge >= 0.3 is 0 Å². The fourth-order valence-electron chi connectivity index (χ4n) is 1.07. The van der Waals surface area contributed by atoms with Crippen molar-refractivity contribution in [3.63, 3.8) is 0 Å². The number of hydrogen-bond donors (Lipinski definition) is 0. The first-order chi connectivity index (χ1) is 7.08. The molecule has 2 heterocycles. The van der Waals surface area contributed by atoms with E-state index in [2.05, 4.69) is 32.6 Å². The van der Waals surface area contributed by atoms with Crippen LogP contribution in [0.5, 0.6) is 0 Å². The van der Waals surface area contributed by atoms with Crippen LogP contribution in [0.2, 0.25) is 9.49 Å². The molecule has 0 N–H and O–H groups in total. The molecule has 2 aromatic heterocycles.